The molecule has 96 valence electrons. The van der Waals surface area contributed by atoms with E-state index in [9.17, 15) is 9.59 Å². The molecule has 2 fully saturated rings. The first-order valence-corrected chi connectivity index (χ1v) is 6.35. The minimum atomic E-state index is -0.763. The number of carbonyl (C=O) groups is 2. The zero-order chi connectivity index (χ0) is 12.4. The van der Waals surface area contributed by atoms with Gasteiger partial charge in [-0.15, -0.1) is 0 Å². The molecule has 1 saturated heterocycles. The van der Waals surface area contributed by atoms with Gasteiger partial charge in [-0.05, 0) is 32.1 Å². The van der Waals surface area contributed by atoms with Gasteiger partial charge in [-0.3, -0.25) is 9.59 Å². The maximum absolute atomic E-state index is 12.2. The molecule has 0 aromatic carbocycles. The lowest BCUT2D eigenvalue weighted by atomic mass is 10.0. The molecule has 0 aromatic heterocycles. The summed E-state index contributed by atoms with van der Waals surface area (Å²) in [6, 6.07) is 0.217. The van der Waals surface area contributed by atoms with E-state index in [2.05, 4.69) is 0 Å². The van der Waals surface area contributed by atoms with Crippen molar-refractivity contribution in [3.8, 4) is 0 Å². The van der Waals surface area contributed by atoms with Crippen molar-refractivity contribution in [1.29, 1.82) is 0 Å². The van der Waals surface area contributed by atoms with Crippen LogP contribution in [0.2, 0.25) is 0 Å². The van der Waals surface area contributed by atoms with Crippen molar-refractivity contribution in [2.75, 3.05) is 13.1 Å². The molecule has 5 nitrogen and oxygen atoms in total. The van der Waals surface area contributed by atoms with Gasteiger partial charge in [0.25, 0.3) is 0 Å². The Labute approximate surface area is 101 Å². The van der Waals surface area contributed by atoms with Gasteiger partial charge in [0.15, 0.2) is 0 Å². The number of nitrogens with two attached hydrogens (primary N) is 1. The molecule has 3 N–H and O–H groups in total. The Hall–Kier alpha value is -1.10. The summed E-state index contributed by atoms with van der Waals surface area (Å²) in [5, 5.41) is 8.92. The SMILES string of the molecule is NC1CCN(C(=O)C2CCC(C(=O)O)C2)CC1. The Morgan fingerprint density at radius 1 is 1.06 bits per heavy atom. The monoisotopic (exact) mass is 240 g/mol. The molecular weight excluding hydrogens is 220 g/mol. The lowest BCUT2D eigenvalue weighted by Crippen LogP contribution is -2.44. The van der Waals surface area contributed by atoms with Crippen molar-refractivity contribution in [1.82, 2.24) is 4.90 Å². The van der Waals surface area contributed by atoms with Crippen LogP contribution in [0.15, 0.2) is 0 Å². The smallest absolute Gasteiger partial charge is 0.306 e. The third-order valence-electron chi connectivity index (χ3n) is 3.98. The fourth-order valence-electron chi connectivity index (χ4n) is 2.81. The molecule has 2 atom stereocenters. The summed E-state index contributed by atoms with van der Waals surface area (Å²) in [4.78, 5) is 24.9. The molecule has 1 aliphatic carbocycles. The first-order valence-electron chi connectivity index (χ1n) is 6.35. The second-order valence-corrected chi connectivity index (χ2v) is 5.21. The van der Waals surface area contributed by atoms with E-state index < -0.39 is 5.97 Å². The van der Waals surface area contributed by atoms with Crippen LogP contribution in [0.4, 0.5) is 0 Å². The third-order valence-corrected chi connectivity index (χ3v) is 3.98. The van der Waals surface area contributed by atoms with E-state index in [1.54, 1.807) is 0 Å². The molecule has 17 heavy (non-hydrogen) atoms. The molecule has 1 amide bonds. The van der Waals surface area contributed by atoms with Gasteiger partial charge in [-0.1, -0.05) is 0 Å². The summed E-state index contributed by atoms with van der Waals surface area (Å²) in [7, 11) is 0. The van der Waals surface area contributed by atoms with Crippen LogP contribution < -0.4 is 5.73 Å². The van der Waals surface area contributed by atoms with Gasteiger partial charge in [-0.25, -0.2) is 0 Å². The van der Waals surface area contributed by atoms with Crippen LogP contribution in [-0.4, -0.2) is 41.0 Å². The average Bonchev–Trinajstić information content (AvgIpc) is 2.78. The highest BCUT2D eigenvalue weighted by Gasteiger charge is 2.36. The fraction of sp³-hybridized carbons (Fsp3) is 0.833. The third kappa shape index (κ3) is 2.77. The number of carboxylic acids is 1. The Bertz CT molecular complexity index is 311. The predicted octanol–water partition coefficient (Wildman–Crippen LogP) is 0.437. The number of hydrogen-bond acceptors (Lipinski definition) is 3. The summed E-state index contributed by atoms with van der Waals surface area (Å²) in [5.74, 6) is -1.02. The summed E-state index contributed by atoms with van der Waals surface area (Å²) >= 11 is 0. The van der Waals surface area contributed by atoms with Gasteiger partial charge >= 0.3 is 5.97 Å². The number of likely N-dealkylation sites (tertiary alicyclic amines) is 1. The van der Waals surface area contributed by atoms with E-state index in [-0.39, 0.29) is 23.8 Å². The highest BCUT2D eigenvalue weighted by molar-refractivity contribution is 5.81. The molecule has 2 aliphatic rings. The van der Waals surface area contributed by atoms with Crippen molar-refractivity contribution in [2.45, 2.75) is 38.1 Å². The van der Waals surface area contributed by atoms with Crippen molar-refractivity contribution in [3.63, 3.8) is 0 Å². The molecular formula is C12H20N2O3. The van der Waals surface area contributed by atoms with Crippen LogP contribution in [0.25, 0.3) is 0 Å². The highest BCUT2D eigenvalue weighted by Crippen LogP contribution is 2.32. The Balaban J connectivity index is 1.86. The van der Waals surface area contributed by atoms with Crippen molar-refractivity contribution in [2.24, 2.45) is 17.6 Å². The van der Waals surface area contributed by atoms with Crippen molar-refractivity contribution in [3.05, 3.63) is 0 Å². The van der Waals surface area contributed by atoms with Gasteiger partial charge in [-0.2, -0.15) is 0 Å². The Morgan fingerprint density at radius 3 is 2.18 bits per heavy atom. The van der Waals surface area contributed by atoms with Crippen molar-refractivity contribution >= 4 is 11.9 Å². The van der Waals surface area contributed by atoms with Crippen LogP contribution in [0.5, 0.6) is 0 Å². The molecule has 0 aromatic rings. The van der Waals surface area contributed by atoms with Gasteiger partial charge in [0.1, 0.15) is 0 Å². The van der Waals surface area contributed by atoms with Crippen LogP contribution in [0.3, 0.4) is 0 Å². The quantitative estimate of drug-likeness (QED) is 0.733. The number of piperidine rings is 1. The minimum Gasteiger partial charge on any atom is -0.481 e. The van der Waals surface area contributed by atoms with Crippen molar-refractivity contribution < 1.29 is 14.7 Å². The number of carbonyl (C=O) groups excluding carboxylic acids is 1. The summed E-state index contributed by atoms with van der Waals surface area (Å²) in [5.41, 5.74) is 5.80. The summed E-state index contributed by atoms with van der Waals surface area (Å²) in [6.45, 7) is 1.46. The molecule has 1 heterocycles. The Kier molecular flexibility index (Phi) is 3.66. The predicted molar refractivity (Wildman–Crippen MR) is 62.3 cm³/mol. The second kappa shape index (κ2) is 5.04. The van der Waals surface area contributed by atoms with Crippen LogP contribution >= 0.6 is 0 Å². The maximum Gasteiger partial charge on any atom is 0.306 e. The molecule has 5 heteroatoms. The lowest BCUT2D eigenvalue weighted by molar-refractivity contribution is -0.141. The largest absolute Gasteiger partial charge is 0.481 e. The minimum absolute atomic E-state index is 0.0783. The van der Waals surface area contributed by atoms with E-state index in [1.165, 1.54) is 0 Å². The second-order valence-electron chi connectivity index (χ2n) is 5.21. The van der Waals surface area contributed by atoms with E-state index >= 15 is 0 Å². The maximum atomic E-state index is 12.2. The van der Waals surface area contributed by atoms with Gasteiger partial charge in [0.05, 0.1) is 5.92 Å². The first kappa shape index (κ1) is 12.4. The number of rotatable bonds is 2. The zero-order valence-electron chi connectivity index (χ0n) is 9.97. The highest BCUT2D eigenvalue weighted by atomic mass is 16.4. The zero-order valence-corrected chi connectivity index (χ0v) is 9.97. The van der Waals surface area contributed by atoms with Gasteiger partial charge < -0.3 is 15.7 Å². The van der Waals surface area contributed by atoms with E-state index in [1.807, 2.05) is 4.90 Å². The van der Waals surface area contributed by atoms with E-state index in [0.717, 1.165) is 32.4 Å². The van der Waals surface area contributed by atoms with Gasteiger partial charge in [0.2, 0.25) is 5.91 Å². The summed E-state index contributed by atoms with van der Waals surface area (Å²) in [6.07, 6.45) is 3.59. The molecule has 2 unspecified atom stereocenters. The molecule has 1 saturated carbocycles. The molecule has 0 radical (unpaired) electrons. The molecule has 0 spiro atoms. The normalized spacial score (nSPS) is 30.5. The number of aliphatic carboxylic acids is 1. The van der Waals surface area contributed by atoms with E-state index in [4.69, 9.17) is 10.8 Å². The summed E-state index contributed by atoms with van der Waals surface area (Å²) < 4.78 is 0. The van der Waals surface area contributed by atoms with Gasteiger partial charge in [0, 0.05) is 25.0 Å². The Morgan fingerprint density at radius 2 is 1.65 bits per heavy atom. The number of amides is 1. The van der Waals surface area contributed by atoms with E-state index in [0.29, 0.717) is 12.8 Å². The lowest BCUT2D eigenvalue weighted by Gasteiger charge is -2.32. The molecule has 1 aliphatic heterocycles. The van der Waals surface area contributed by atoms with Crippen LogP contribution in [-0.2, 0) is 9.59 Å². The fourth-order valence-corrected chi connectivity index (χ4v) is 2.81. The van der Waals surface area contributed by atoms with Crippen LogP contribution in [0.1, 0.15) is 32.1 Å². The molecule has 2 rings (SSSR count). The number of carboxylic acid groups (broad SMARTS) is 1. The standard InChI is InChI=1S/C12H20N2O3/c13-10-3-5-14(6-4-10)11(15)8-1-2-9(7-8)12(16)17/h8-10H,1-7,13H2,(H,16,17). The number of nitrogens with zero attached hydrogens (tertiary/aromatic N) is 1. The number of hydrogen-bond donors (Lipinski definition) is 2. The molecule has 0 bridgehead atoms. The first-order chi connectivity index (χ1) is 8.08. The average molecular weight is 240 g/mol. The topological polar surface area (TPSA) is 83.6 Å². The van der Waals surface area contributed by atoms with Crippen LogP contribution in [0, 0.1) is 11.8 Å².